The molecule has 96 valence electrons. The van der Waals surface area contributed by atoms with Crippen molar-refractivity contribution >= 4 is 5.69 Å². The molecule has 0 amide bonds. The largest absolute Gasteiger partial charge is 0.377 e. The van der Waals surface area contributed by atoms with Gasteiger partial charge in [0, 0.05) is 20.1 Å². The Morgan fingerprint density at radius 1 is 1.61 bits per heavy atom. The van der Waals surface area contributed by atoms with Crippen LogP contribution in [-0.4, -0.2) is 32.0 Å². The molecule has 9 heteroatoms. The number of hydrogen-bond acceptors (Lipinski definition) is 7. The van der Waals surface area contributed by atoms with Gasteiger partial charge in [0.15, 0.2) is 5.82 Å². The van der Waals surface area contributed by atoms with Gasteiger partial charge in [-0.05, 0) is 0 Å². The van der Waals surface area contributed by atoms with E-state index in [2.05, 4.69) is 15.2 Å². The van der Waals surface area contributed by atoms with Crippen LogP contribution in [0, 0.1) is 10.1 Å². The van der Waals surface area contributed by atoms with Crippen LogP contribution in [0.2, 0.25) is 0 Å². The van der Waals surface area contributed by atoms with Gasteiger partial charge in [-0.1, -0.05) is 5.16 Å². The minimum Gasteiger partial charge on any atom is -0.377 e. The Labute approximate surface area is 102 Å². The van der Waals surface area contributed by atoms with Gasteiger partial charge in [0.2, 0.25) is 5.89 Å². The number of nitrogens with zero attached hydrogens (tertiary/aromatic N) is 5. The topological polar surface area (TPSA) is 109 Å². The molecule has 9 nitrogen and oxygen atoms in total. The van der Waals surface area contributed by atoms with Crippen LogP contribution in [0.3, 0.4) is 0 Å². The van der Waals surface area contributed by atoms with Crippen molar-refractivity contribution in [2.75, 3.05) is 7.11 Å². The number of aromatic nitrogens is 4. The van der Waals surface area contributed by atoms with Crippen LogP contribution in [0.4, 0.5) is 5.69 Å². The molecule has 2 aromatic rings. The zero-order valence-electron chi connectivity index (χ0n) is 9.65. The van der Waals surface area contributed by atoms with Crippen molar-refractivity contribution < 1.29 is 14.2 Å². The summed E-state index contributed by atoms with van der Waals surface area (Å²) in [6.45, 7) is 0.721. The van der Waals surface area contributed by atoms with Gasteiger partial charge < -0.3 is 9.26 Å². The molecule has 18 heavy (non-hydrogen) atoms. The molecule has 2 rings (SSSR count). The monoisotopic (exact) mass is 253 g/mol. The highest BCUT2D eigenvalue weighted by Crippen LogP contribution is 2.08. The lowest BCUT2D eigenvalue weighted by molar-refractivity contribution is -0.385. The van der Waals surface area contributed by atoms with Crippen molar-refractivity contribution in [1.82, 2.24) is 19.9 Å². The molecular weight excluding hydrogens is 242 g/mol. The van der Waals surface area contributed by atoms with Crippen molar-refractivity contribution in [1.29, 1.82) is 0 Å². The molecule has 0 atom stereocenters. The maximum atomic E-state index is 10.5. The average molecular weight is 253 g/mol. The van der Waals surface area contributed by atoms with E-state index >= 15 is 0 Å². The van der Waals surface area contributed by atoms with Crippen LogP contribution in [0.1, 0.15) is 11.7 Å². The highest BCUT2D eigenvalue weighted by atomic mass is 16.6. The number of aryl methyl sites for hydroxylation is 2. The summed E-state index contributed by atoms with van der Waals surface area (Å²) in [5.74, 6) is 0.916. The summed E-state index contributed by atoms with van der Waals surface area (Å²) < 4.78 is 11.3. The van der Waals surface area contributed by atoms with E-state index in [4.69, 9.17) is 9.26 Å². The summed E-state index contributed by atoms with van der Waals surface area (Å²) in [6.07, 6.45) is 3.01. The molecule has 0 bridgehead atoms. The van der Waals surface area contributed by atoms with Crippen molar-refractivity contribution in [2.24, 2.45) is 0 Å². The van der Waals surface area contributed by atoms with E-state index < -0.39 is 4.92 Å². The second-order valence-corrected chi connectivity index (χ2v) is 3.51. The summed E-state index contributed by atoms with van der Waals surface area (Å²) >= 11 is 0. The van der Waals surface area contributed by atoms with Gasteiger partial charge in [0.05, 0.1) is 4.92 Å². The van der Waals surface area contributed by atoms with Crippen molar-refractivity contribution in [2.45, 2.75) is 19.6 Å². The first kappa shape index (κ1) is 12.2. The summed E-state index contributed by atoms with van der Waals surface area (Å²) in [5, 5.41) is 18.0. The Bertz CT molecular complexity index is 535. The number of ether oxygens (including phenoxy) is 1. The molecule has 0 spiro atoms. The lowest BCUT2D eigenvalue weighted by Crippen LogP contribution is -2.02. The minimum absolute atomic E-state index is 0.0411. The average Bonchev–Trinajstić information content (AvgIpc) is 2.95. The predicted molar refractivity (Wildman–Crippen MR) is 57.6 cm³/mol. The summed E-state index contributed by atoms with van der Waals surface area (Å²) in [6, 6.07) is 0. The smallest absolute Gasteiger partial charge is 0.306 e. The predicted octanol–water partition coefficient (Wildman–Crippen LogP) is 0.563. The first-order valence-electron chi connectivity index (χ1n) is 5.16. The molecule has 2 aromatic heterocycles. The normalized spacial score (nSPS) is 10.7. The molecule has 0 aromatic carbocycles. The van der Waals surface area contributed by atoms with Gasteiger partial charge in [-0.2, -0.15) is 10.1 Å². The first-order chi connectivity index (χ1) is 8.69. The van der Waals surface area contributed by atoms with Crippen LogP contribution >= 0.6 is 0 Å². The quantitative estimate of drug-likeness (QED) is 0.546. The third-order valence-electron chi connectivity index (χ3n) is 2.17. The fraction of sp³-hybridized carbons (Fsp3) is 0.444. The first-order valence-corrected chi connectivity index (χ1v) is 5.16. The lowest BCUT2D eigenvalue weighted by atomic mass is 10.4. The zero-order valence-corrected chi connectivity index (χ0v) is 9.65. The standard InChI is InChI=1S/C9H11N5O4/c1-17-6-8-11-9(18-12-8)2-3-13-5-7(4-10-13)14(15)16/h4-5H,2-3,6H2,1H3. The molecule has 0 aliphatic heterocycles. The van der Waals surface area contributed by atoms with E-state index in [9.17, 15) is 10.1 Å². The molecule has 0 unspecified atom stereocenters. The number of nitro groups is 1. The van der Waals surface area contributed by atoms with Gasteiger partial charge in [-0.25, -0.2) is 0 Å². The van der Waals surface area contributed by atoms with Gasteiger partial charge in [-0.3, -0.25) is 14.8 Å². The van der Waals surface area contributed by atoms with Gasteiger partial charge in [0.25, 0.3) is 0 Å². The van der Waals surface area contributed by atoms with E-state index in [1.165, 1.54) is 17.1 Å². The fourth-order valence-corrected chi connectivity index (χ4v) is 1.36. The van der Waals surface area contributed by atoms with Crippen LogP contribution in [0.5, 0.6) is 0 Å². The molecular formula is C9H11N5O4. The molecule has 0 saturated heterocycles. The Balaban J connectivity index is 1.91. The van der Waals surface area contributed by atoms with Gasteiger partial charge in [0.1, 0.15) is 19.0 Å². The summed E-state index contributed by atoms with van der Waals surface area (Å²) in [4.78, 5) is 14.0. The van der Waals surface area contributed by atoms with Crippen LogP contribution in [0.25, 0.3) is 0 Å². The highest BCUT2D eigenvalue weighted by molar-refractivity contribution is 5.20. The van der Waals surface area contributed by atoms with Crippen molar-refractivity contribution in [3.05, 3.63) is 34.2 Å². The molecule has 2 heterocycles. The second-order valence-electron chi connectivity index (χ2n) is 3.51. The number of rotatable bonds is 6. The number of hydrogen-bond donors (Lipinski definition) is 0. The maximum absolute atomic E-state index is 10.5. The highest BCUT2D eigenvalue weighted by Gasteiger charge is 2.10. The molecule has 0 fully saturated rings. The Morgan fingerprint density at radius 3 is 3.11 bits per heavy atom. The third-order valence-corrected chi connectivity index (χ3v) is 2.17. The van der Waals surface area contributed by atoms with E-state index in [1.807, 2.05) is 0 Å². The van der Waals surface area contributed by atoms with E-state index in [-0.39, 0.29) is 12.3 Å². The summed E-state index contributed by atoms with van der Waals surface area (Å²) in [7, 11) is 1.54. The van der Waals surface area contributed by atoms with Crippen LogP contribution < -0.4 is 0 Å². The molecule has 0 aliphatic carbocycles. The van der Waals surface area contributed by atoms with Crippen molar-refractivity contribution in [3.63, 3.8) is 0 Å². The van der Waals surface area contributed by atoms with Gasteiger partial charge in [-0.15, -0.1) is 0 Å². The number of methoxy groups -OCH3 is 1. The van der Waals surface area contributed by atoms with E-state index in [0.29, 0.717) is 24.7 Å². The van der Waals surface area contributed by atoms with Crippen LogP contribution in [-0.2, 0) is 24.3 Å². The molecule has 0 saturated carbocycles. The lowest BCUT2D eigenvalue weighted by Gasteiger charge is -1.95. The maximum Gasteiger partial charge on any atom is 0.306 e. The van der Waals surface area contributed by atoms with Crippen molar-refractivity contribution in [3.8, 4) is 0 Å². The zero-order chi connectivity index (χ0) is 13.0. The molecule has 0 N–H and O–H groups in total. The second kappa shape index (κ2) is 5.36. The Kier molecular flexibility index (Phi) is 3.63. The molecule has 0 radical (unpaired) electrons. The Morgan fingerprint density at radius 2 is 2.44 bits per heavy atom. The molecule has 0 aliphatic rings. The third kappa shape index (κ3) is 2.88. The SMILES string of the molecule is COCc1noc(CCn2cc([N+](=O)[O-])cn2)n1. The van der Waals surface area contributed by atoms with Gasteiger partial charge >= 0.3 is 5.69 Å². The van der Waals surface area contributed by atoms with Crippen LogP contribution in [0.15, 0.2) is 16.9 Å². The summed E-state index contributed by atoms with van der Waals surface area (Å²) in [5.41, 5.74) is -0.0411. The van der Waals surface area contributed by atoms with E-state index in [0.717, 1.165) is 0 Å². The Hall–Kier alpha value is -2.29. The minimum atomic E-state index is -0.493. The van der Waals surface area contributed by atoms with E-state index in [1.54, 1.807) is 7.11 Å². The fourth-order valence-electron chi connectivity index (χ4n) is 1.36.